The van der Waals surface area contributed by atoms with Crippen molar-refractivity contribution in [2.75, 3.05) is 12.5 Å². The number of ether oxygens (including phenoxy) is 2. The van der Waals surface area contributed by atoms with Crippen LogP contribution in [0.5, 0.6) is 11.5 Å². The number of hydrogen-bond donors (Lipinski definition) is 1. The molecule has 0 amide bonds. The van der Waals surface area contributed by atoms with E-state index in [0.717, 1.165) is 20.6 Å². The lowest BCUT2D eigenvalue weighted by molar-refractivity contribution is 0.174. The Kier molecular flexibility index (Phi) is 3.43. The summed E-state index contributed by atoms with van der Waals surface area (Å²) in [6, 6.07) is 5.67. The minimum atomic E-state index is -0.0985. The summed E-state index contributed by atoms with van der Waals surface area (Å²) in [6.45, 7) is 6.59. The van der Waals surface area contributed by atoms with Gasteiger partial charge in [0.15, 0.2) is 17.3 Å². The van der Waals surface area contributed by atoms with Crippen LogP contribution >= 0.6 is 22.6 Å². The van der Waals surface area contributed by atoms with Gasteiger partial charge >= 0.3 is 0 Å². The fourth-order valence-electron chi connectivity index (χ4n) is 2.13. The van der Waals surface area contributed by atoms with E-state index in [1.165, 1.54) is 0 Å². The van der Waals surface area contributed by atoms with Crippen molar-refractivity contribution in [2.24, 2.45) is 0 Å². The van der Waals surface area contributed by atoms with Crippen molar-refractivity contribution >= 4 is 28.4 Å². The number of hydrogen-bond acceptors (Lipinski definition) is 5. The molecule has 2 heterocycles. The Morgan fingerprint density at radius 2 is 1.86 bits per heavy atom. The number of halogens is 1. The maximum atomic E-state index is 6.05. The molecule has 21 heavy (non-hydrogen) atoms. The molecule has 0 unspecified atom stereocenters. The first-order chi connectivity index (χ1) is 9.86. The molecule has 1 aromatic carbocycles. The molecule has 0 saturated heterocycles. The molecule has 110 valence electrons. The average molecular weight is 397 g/mol. The molecular formula is C15H16IN3O2. The number of fused-ring (bicyclic) bond motifs is 1. The molecule has 0 radical (unpaired) electrons. The molecule has 0 atom stereocenters. The summed E-state index contributed by atoms with van der Waals surface area (Å²) in [5, 5.41) is 0. The van der Waals surface area contributed by atoms with Crippen LogP contribution in [-0.4, -0.2) is 16.8 Å². The van der Waals surface area contributed by atoms with Gasteiger partial charge in [0, 0.05) is 11.0 Å². The van der Waals surface area contributed by atoms with E-state index in [0.29, 0.717) is 17.4 Å². The summed E-state index contributed by atoms with van der Waals surface area (Å²) < 4.78 is 11.6. The number of nitrogens with two attached hydrogens (primary N) is 1. The standard InChI is InChI=1S/C15H16IN3O2/c1-15(2,3)12-11(16)13(17)19-14(18-12)8-4-5-9-10(6-8)21-7-20-9/h4-6H,7H2,1-3H3,(H2,17,18,19). The predicted octanol–water partition coefficient (Wildman–Crippen LogP) is 3.36. The normalized spacial score (nSPS) is 13.5. The van der Waals surface area contributed by atoms with E-state index in [2.05, 4.69) is 48.3 Å². The Labute approximate surface area is 137 Å². The van der Waals surface area contributed by atoms with Gasteiger partial charge in [-0.25, -0.2) is 9.97 Å². The molecule has 1 aliphatic rings. The summed E-state index contributed by atoms with van der Waals surface area (Å²) in [7, 11) is 0. The van der Waals surface area contributed by atoms with E-state index in [9.17, 15) is 0 Å². The molecular weight excluding hydrogens is 381 g/mol. The minimum Gasteiger partial charge on any atom is -0.454 e. The molecule has 1 aliphatic heterocycles. The number of rotatable bonds is 1. The van der Waals surface area contributed by atoms with Crippen molar-refractivity contribution in [3.63, 3.8) is 0 Å². The highest BCUT2D eigenvalue weighted by molar-refractivity contribution is 14.1. The molecule has 1 aromatic heterocycles. The summed E-state index contributed by atoms with van der Waals surface area (Å²) in [5.41, 5.74) is 7.77. The zero-order chi connectivity index (χ0) is 15.2. The van der Waals surface area contributed by atoms with Crippen molar-refractivity contribution in [3.8, 4) is 22.9 Å². The lowest BCUT2D eigenvalue weighted by Gasteiger charge is -2.21. The van der Waals surface area contributed by atoms with E-state index >= 15 is 0 Å². The lowest BCUT2D eigenvalue weighted by Crippen LogP contribution is -2.18. The van der Waals surface area contributed by atoms with Gasteiger partial charge in [0.2, 0.25) is 6.79 Å². The van der Waals surface area contributed by atoms with Crippen molar-refractivity contribution in [1.82, 2.24) is 9.97 Å². The van der Waals surface area contributed by atoms with E-state index in [1.807, 2.05) is 18.2 Å². The van der Waals surface area contributed by atoms with Crippen LogP contribution < -0.4 is 15.2 Å². The predicted molar refractivity (Wildman–Crippen MR) is 89.4 cm³/mol. The van der Waals surface area contributed by atoms with Crippen LogP contribution in [0.3, 0.4) is 0 Å². The molecule has 5 nitrogen and oxygen atoms in total. The zero-order valence-corrected chi connectivity index (χ0v) is 14.3. The smallest absolute Gasteiger partial charge is 0.231 e. The monoisotopic (exact) mass is 397 g/mol. The van der Waals surface area contributed by atoms with Gasteiger partial charge in [-0.05, 0) is 40.8 Å². The maximum absolute atomic E-state index is 6.05. The molecule has 2 N–H and O–H groups in total. The lowest BCUT2D eigenvalue weighted by atomic mass is 9.92. The van der Waals surface area contributed by atoms with Crippen molar-refractivity contribution < 1.29 is 9.47 Å². The number of anilines is 1. The summed E-state index contributed by atoms with van der Waals surface area (Å²) in [4.78, 5) is 9.11. The SMILES string of the molecule is CC(C)(C)c1nc(-c2ccc3c(c2)OCO3)nc(N)c1I. The summed E-state index contributed by atoms with van der Waals surface area (Å²) in [5.74, 6) is 2.57. The fraction of sp³-hybridized carbons (Fsp3) is 0.333. The van der Waals surface area contributed by atoms with E-state index in [4.69, 9.17) is 20.2 Å². The Bertz CT molecular complexity index is 711. The summed E-state index contributed by atoms with van der Waals surface area (Å²) in [6.07, 6.45) is 0. The first kappa shape index (κ1) is 14.4. The van der Waals surface area contributed by atoms with Gasteiger partial charge in [-0.2, -0.15) is 0 Å². The van der Waals surface area contributed by atoms with Crippen molar-refractivity contribution in [3.05, 3.63) is 27.5 Å². The van der Waals surface area contributed by atoms with Gasteiger partial charge in [-0.1, -0.05) is 20.8 Å². The van der Waals surface area contributed by atoms with Crippen LogP contribution in [0.25, 0.3) is 11.4 Å². The molecule has 6 heteroatoms. The number of nitrogen functional groups attached to an aromatic ring is 1. The van der Waals surface area contributed by atoms with Gasteiger partial charge in [0.05, 0.1) is 9.26 Å². The first-order valence-corrected chi connectivity index (χ1v) is 7.67. The molecule has 2 aromatic rings. The second kappa shape index (κ2) is 5.01. The van der Waals surface area contributed by atoms with Gasteiger partial charge in [0.25, 0.3) is 0 Å². The van der Waals surface area contributed by atoms with Gasteiger partial charge in [-0.3, -0.25) is 0 Å². The topological polar surface area (TPSA) is 70.3 Å². The number of aromatic nitrogens is 2. The van der Waals surface area contributed by atoms with Gasteiger partial charge in [-0.15, -0.1) is 0 Å². The molecule has 0 fully saturated rings. The van der Waals surface area contributed by atoms with Crippen molar-refractivity contribution in [2.45, 2.75) is 26.2 Å². The Balaban J connectivity index is 2.13. The quantitative estimate of drug-likeness (QED) is 0.748. The van der Waals surface area contributed by atoms with E-state index in [-0.39, 0.29) is 12.2 Å². The molecule has 0 aliphatic carbocycles. The average Bonchev–Trinajstić information content (AvgIpc) is 2.87. The van der Waals surface area contributed by atoms with E-state index < -0.39 is 0 Å². The van der Waals surface area contributed by atoms with Crippen LogP contribution in [0, 0.1) is 3.57 Å². The third-order valence-electron chi connectivity index (χ3n) is 3.22. The molecule has 3 rings (SSSR count). The van der Waals surface area contributed by atoms with Crippen molar-refractivity contribution in [1.29, 1.82) is 0 Å². The maximum Gasteiger partial charge on any atom is 0.231 e. The van der Waals surface area contributed by atoms with E-state index in [1.54, 1.807) is 0 Å². The second-order valence-corrected chi connectivity index (χ2v) is 6.99. The highest BCUT2D eigenvalue weighted by atomic mass is 127. The molecule has 0 spiro atoms. The third kappa shape index (κ3) is 2.64. The Hall–Kier alpha value is -1.57. The largest absolute Gasteiger partial charge is 0.454 e. The third-order valence-corrected chi connectivity index (χ3v) is 4.28. The molecule has 0 saturated carbocycles. The van der Waals surface area contributed by atoms with Crippen LogP contribution in [-0.2, 0) is 5.41 Å². The van der Waals surface area contributed by atoms with Crippen LogP contribution in [0.15, 0.2) is 18.2 Å². The van der Waals surface area contributed by atoms with Gasteiger partial charge < -0.3 is 15.2 Å². The second-order valence-electron chi connectivity index (χ2n) is 5.91. The summed E-state index contributed by atoms with van der Waals surface area (Å²) >= 11 is 2.20. The van der Waals surface area contributed by atoms with Crippen LogP contribution in [0.4, 0.5) is 5.82 Å². The van der Waals surface area contributed by atoms with Crippen LogP contribution in [0.1, 0.15) is 26.5 Å². The highest BCUT2D eigenvalue weighted by Crippen LogP contribution is 2.36. The number of nitrogens with zero attached hydrogens (tertiary/aromatic N) is 2. The van der Waals surface area contributed by atoms with Gasteiger partial charge in [0.1, 0.15) is 5.82 Å². The molecule has 0 bridgehead atoms. The number of benzene rings is 1. The highest BCUT2D eigenvalue weighted by Gasteiger charge is 2.23. The Morgan fingerprint density at radius 1 is 1.14 bits per heavy atom. The first-order valence-electron chi connectivity index (χ1n) is 6.60. The minimum absolute atomic E-state index is 0.0985. The fourth-order valence-corrected chi connectivity index (χ4v) is 3.18. The zero-order valence-electron chi connectivity index (χ0n) is 12.1. The Morgan fingerprint density at radius 3 is 2.57 bits per heavy atom. The van der Waals surface area contributed by atoms with Crippen LogP contribution in [0.2, 0.25) is 0 Å².